The van der Waals surface area contributed by atoms with Gasteiger partial charge in [0.05, 0.1) is 11.4 Å². The van der Waals surface area contributed by atoms with Gasteiger partial charge in [-0.25, -0.2) is 0 Å². The van der Waals surface area contributed by atoms with Crippen molar-refractivity contribution >= 4 is 17.3 Å². The fraction of sp³-hybridized carbons (Fsp3) is 0.0714. The molecule has 0 saturated carbocycles. The maximum atomic E-state index is 12.3. The highest BCUT2D eigenvalue weighted by Crippen LogP contribution is 2.46. The smallest absolute Gasteiger partial charge is 0.260 e. The molecule has 1 amide bonds. The standard InChI is InChI=1S/C14H10N2O/c17-14-10-6-2-1-5-9(10)13-15-11-7-3-4-8-12(11)16(13)14/h1-8,13,15H. The van der Waals surface area contributed by atoms with Crippen molar-refractivity contribution in [2.75, 3.05) is 10.2 Å². The predicted molar refractivity (Wildman–Crippen MR) is 66.1 cm³/mol. The molecule has 0 spiro atoms. The number of anilines is 2. The molecule has 2 aliphatic heterocycles. The molecule has 17 heavy (non-hydrogen) atoms. The molecule has 4 rings (SSSR count). The first-order valence-electron chi connectivity index (χ1n) is 5.64. The minimum atomic E-state index is -0.0314. The SMILES string of the molecule is O=C1c2ccccc2C2Nc3ccccc3N12. The molecule has 1 atom stereocenters. The molecule has 0 radical (unpaired) electrons. The highest BCUT2D eigenvalue weighted by Gasteiger charge is 2.42. The van der Waals surface area contributed by atoms with Gasteiger partial charge in [-0.3, -0.25) is 9.69 Å². The number of hydrogen-bond acceptors (Lipinski definition) is 2. The lowest BCUT2D eigenvalue weighted by Gasteiger charge is -2.15. The fourth-order valence-electron chi connectivity index (χ4n) is 2.66. The van der Waals surface area contributed by atoms with E-state index in [0.717, 1.165) is 22.5 Å². The Morgan fingerprint density at radius 1 is 1.00 bits per heavy atom. The Labute approximate surface area is 98.7 Å². The third-order valence-corrected chi connectivity index (χ3v) is 3.42. The Morgan fingerprint density at radius 3 is 2.71 bits per heavy atom. The van der Waals surface area contributed by atoms with E-state index in [1.165, 1.54) is 0 Å². The average Bonchev–Trinajstić information content (AvgIpc) is 2.88. The molecular formula is C14H10N2O. The second-order valence-corrected chi connectivity index (χ2v) is 4.33. The number of carbonyl (C=O) groups excluding carboxylic acids is 1. The van der Waals surface area contributed by atoms with E-state index in [-0.39, 0.29) is 12.1 Å². The lowest BCUT2D eigenvalue weighted by molar-refractivity contribution is 0.0994. The normalized spacial score (nSPS) is 19.6. The molecule has 2 aromatic carbocycles. The number of amides is 1. The molecule has 3 nitrogen and oxygen atoms in total. The molecule has 0 saturated heterocycles. The number of nitrogens with zero attached hydrogens (tertiary/aromatic N) is 1. The second kappa shape index (κ2) is 2.88. The molecule has 0 aromatic heterocycles. The van der Waals surface area contributed by atoms with Crippen molar-refractivity contribution in [3.05, 3.63) is 59.7 Å². The molecule has 2 aliphatic rings. The third kappa shape index (κ3) is 0.984. The summed E-state index contributed by atoms with van der Waals surface area (Å²) < 4.78 is 0. The van der Waals surface area contributed by atoms with Crippen LogP contribution < -0.4 is 10.2 Å². The molecule has 2 heterocycles. The zero-order valence-corrected chi connectivity index (χ0v) is 9.05. The van der Waals surface area contributed by atoms with Gasteiger partial charge in [0.15, 0.2) is 0 Å². The zero-order valence-electron chi connectivity index (χ0n) is 9.05. The summed E-state index contributed by atoms with van der Waals surface area (Å²) in [6.07, 6.45) is -0.0314. The zero-order chi connectivity index (χ0) is 11.4. The van der Waals surface area contributed by atoms with Crippen molar-refractivity contribution in [1.82, 2.24) is 0 Å². The molecule has 0 fully saturated rings. The number of para-hydroxylation sites is 2. The number of rotatable bonds is 0. The first-order chi connectivity index (χ1) is 8.36. The summed E-state index contributed by atoms with van der Waals surface area (Å²) in [5, 5.41) is 3.39. The van der Waals surface area contributed by atoms with Crippen LogP contribution in [0.25, 0.3) is 0 Å². The van der Waals surface area contributed by atoms with Gasteiger partial charge in [-0.2, -0.15) is 0 Å². The van der Waals surface area contributed by atoms with Crippen LogP contribution in [0.1, 0.15) is 22.1 Å². The van der Waals surface area contributed by atoms with E-state index in [9.17, 15) is 4.79 Å². The van der Waals surface area contributed by atoms with Crippen LogP contribution >= 0.6 is 0 Å². The quantitative estimate of drug-likeness (QED) is 0.743. The minimum absolute atomic E-state index is 0.0314. The van der Waals surface area contributed by atoms with Crippen molar-refractivity contribution < 1.29 is 4.79 Å². The van der Waals surface area contributed by atoms with Crippen LogP contribution in [0.2, 0.25) is 0 Å². The van der Waals surface area contributed by atoms with E-state index in [1.807, 2.05) is 53.4 Å². The summed E-state index contributed by atoms with van der Waals surface area (Å²) in [5.74, 6) is 0.0862. The maximum absolute atomic E-state index is 12.3. The number of fused-ring (bicyclic) bond motifs is 5. The third-order valence-electron chi connectivity index (χ3n) is 3.42. The molecule has 0 bridgehead atoms. The summed E-state index contributed by atoms with van der Waals surface area (Å²) in [5.41, 5.74) is 3.87. The first-order valence-corrected chi connectivity index (χ1v) is 5.64. The van der Waals surface area contributed by atoms with Crippen molar-refractivity contribution in [2.45, 2.75) is 6.17 Å². The summed E-state index contributed by atoms with van der Waals surface area (Å²) in [6.45, 7) is 0. The second-order valence-electron chi connectivity index (χ2n) is 4.33. The van der Waals surface area contributed by atoms with E-state index in [1.54, 1.807) is 0 Å². The van der Waals surface area contributed by atoms with Gasteiger partial charge < -0.3 is 5.32 Å². The van der Waals surface area contributed by atoms with Gasteiger partial charge in [-0.05, 0) is 18.2 Å². The first kappa shape index (κ1) is 8.82. The van der Waals surface area contributed by atoms with Gasteiger partial charge in [-0.1, -0.05) is 30.3 Å². The predicted octanol–water partition coefficient (Wildman–Crippen LogP) is 2.77. The van der Waals surface area contributed by atoms with Crippen LogP contribution in [0.15, 0.2) is 48.5 Å². The Hall–Kier alpha value is -2.29. The van der Waals surface area contributed by atoms with Crippen LogP contribution in [0.4, 0.5) is 11.4 Å². The van der Waals surface area contributed by atoms with Crippen LogP contribution in [0, 0.1) is 0 Å². The summed E-state index contributed by atoms with van der Waals surface area (Å²) in [6, 6.07) is 15.7. The Kier molecular flexibility index (Phi) is 1.50. The van der Waals surface area contributed by atoms with Crippen LogP contribution in [-0.2, 0) is 0 Å². The fourth-order valence-corrected chi connectivity index (χ4v) is 2.66. The molecule has 1 N–H and O–H groups in total. The Balaban J connectivity index is 1.94. The molecule has 2 aromatic rings. The van der Waals surface area contributed by atoms with Gasteiger partial charge in [0.25, 0.3) is 5.91 Å². The maximum Gasteiger partial charge on any atom is 0.260 e. The van der Waals surface area contributed by atoms with Crippen molar-refractivity contribution in [1.29, 1.82) is 0 Å². The van der Waals surface area contributed by atoms with E-state index in [2.05, 4.69) is 5.32 Å². The van der Waals surface area contributed by atoms with E-state index < -0.39 is 0 Å². The van der Waals surface area contributed by atoms with Crippen LogP contribution in [-0.4, -0.2) is 5.91 Å². The topological polar surface area (TPSA) is 32.3 Å². The largest absolute Gasteiger partial charge is 0.359 e. The summed E-state index contributed by atoms with van der Waals surface area (Å²) in [7, 11) is 0. The van der Waals surface area contributed by atoms with E-state index in [4.69, 9.17) is 0 Å². The van der Waals surface area contributed by atoms with Crippen molar-refractivity contribution in [2.24, 2.45) is 0 Å². The Morgan fingerprint density at radius 2 is 1.76 bits per heavy atom. The number of carbonyl (C=O) groups is 1. The van der Waals surface area contributed by atoms with E-state index >= 15 is 0 Å². The average molecular weight is 222 g/mol. The number of benzene rings is 2. The molecule has 3 heteroatoms. The number of hydrogen-bond donors (Lipinski definition) is 1. The summed E-state index contributed by atoms with van der Waals surface area (Å²) >= 11 is 0. The lowest BCUT2D eigenvalue weighted by Crippen LogP contribution is -2.25. The number of nitrogens with one attached hydrogen (secondary N) is 1. The molecule has 0 aliphatic carbocycles. The van der Waals surface area contributed by atoms with Gasteiger partial charge in [0, 0.05) is 11.1 Å². The van der Waals surface area contributed by atoms with Gasteiger partial charge >= 0.3 is 0 Å². The summed E-state index contributed by atoms with van der Waals surface area (Å²) in [4.78, 5) is 14.2. The van der Waals surface area contributed by atoms with Crippen LogP contribution in [0.3, 0.4) is 0 Å². The Bertz CT molecular complexity index is 636. The van der Waals surface area contributed by atoms with Crippen LogP contribution in [0.5, 0.6) is 0 Å². The van der Waals surface area contributed by atoms with Gasteiger partial charge in [-0.15, -0.1) is 0 Å². The van der Waals surface area contributed by atoms with Crippen molar-refractivity contribution in [3.8, 4) is 0 Å². The highest BCUT2D eigenvalue weighted by molar-refractivity contribution is 6.14. The van der Waals surface area contributed by atoms with Crippen molar-refractivity contribution in [3.63, 3.8) is 0 Å². The van der Waals surface area contributed by atoms with Gasteiger partial charge in [0.1, 0.15) is 6.17 Å². The minimum Gasteiger partial charge on any atom is -0.359 e. The lowest BCUT2D eigenvalue weighted by atomic mass is 10.1. The van der Waals surface area contributed by atoms with Gasteiger partial charge in [0.2, 0.25) is 0 Å². The van der Waals surface area contributed by atoms with E-state index in [0.29, 0.717) is 0 Å². The highest BCUT2D eigenvalue weighted by atomic mass is 16.2. The molecule has 82 valence electrons. The molecule has 1 unspecified atom stereocenters. The monoisotopic (exact) mass is 222 g/mol. The molecular weight excluding hydrogens is 212 g/mol.